The van der Waals surface area contributed by atoms with E-state index in [1.54, 1.807) is 109 Å². The second-order valence-corrected chi connectivity index (χ2v) is 29.5. The minimum absolute atomic E-state index is 0. The molecule has 138 heavy (non-hydrogen) atoms. The number of nitrogens with one attached hydrogen (secondary N) is 1. The van der Waals surface area contributed by atoms with Gasteiger partial charge in [0.25, 0.3) is 20.4 Å². The number of nitrogens with zero attached hydrogens (tertiary/aromatic N) is 12. The summed E-state index contributed by atoms with van der Waals surface area (Å²) in [4.78, 5) is 169. The van der Waals surface area contributed by atoms with Crippen LogP contribution in [-0.2, 0) is 96.2 Å². The van der Waals surface area contributed by atoms with Crippen LogP contribution in [0, 0.1) is 20.2 Å². The maximum atomic E-state index is 12.3. The summed E-state index contributed by atoms with van der Waals surface area (Å²) in [7, 11) is 7.10. The van der Waals surface area contributed by atoms with Gasteiger partial charge in [-0.25, -0.2) is 99.8 Å². The molecule has 0 saturated heterocycles. The van der Waals surface area contributed by atoms with E-state index in [2.05, 4.69) is 92.5 Å². The van der Waals surface area contributed by atoms with Crippen molar-refractivity contribution in [1.82, 2.24) is 44.6 Å². The van der Waals surface area contributed by atoms with Gasteiger partial charge >= 0.3 is 47.8 Å². The Kier molecular flexibility index (Phi) is 56.3. The first-order chi connectivity index (χ1) is 64.7. The van der Waals surface area contributed by atoms with Crippen LogP contribution in [0.3, 0.4) is 0 Å². The lowest BCUT2D eigenvalue weighted by Crippen LogP contribution is -2.24. The molecule has 0 saturated carbocycles. The Morgan fingerprint density at radius 3 is 0.899 bits per heavy atom. The molecule has 0 aliphatic carbocycles. The fourth-order valence-electron chi connectivity index (χ4n) is 9.73. The van der Waals surface area contributed by atoms with Gasteiger partial charge in [-0.2, -0.15) is 0 Å². The minimum Gasteiger partial charge on any atom is -0.464 e. The molecule has 0 bridgehead atoms. The molecule has 12 aromatic rings. The maximum Gasteiger partial charge on any atom is 0.356 e. The molecule has 0 unspecified atom stereocenters. The summed E-state index contributed by atoms with van der Waals surface area (Å²) in [5, 5.41) is 21.3. The van der Waals surface area contributed by atoms with Crippen molar-refractivity contribution in [3.8, 4) is 0 Å². The number of methoxy groups -OCH3 is 8. The predicted octanol–water partition coefficient (Wildman–Crippen LogP) is 12.0. The summed E-state index contributed by atoms with van der Waals surface area (Å²) < 4.78 is 84.6. The van der Waals surface area contributed by atoms with Crippen LogP contribution in [0.1, 0.15) is 172 Å². The van der Waals surface area contributed by atoms with E-state index in [9.17, 15) is 85.0 Å². The Morgan fingerprint density at radius 1 is 0.333 bits per heavy atom. The van der Waals surface area contributed by atoms with Crippen molar-refractivity contribution in [1.29, 1.82) is 0 Å². The van der Waals surface area contributed by atoms with Crippen LogP contribution in [0.4, 0.5) is 11.4 Å². The number of sulfonamides is 1. The van der Waals surface area contributed by atoms with E-state index in [-0.39, 0.29) is 86.6 Å². The van der Waals surface area contributed by atoms with Gasteiger partial charge in [0.05, 0.1) is 121 Å². The van der Waals surface area contributed by atoms with Gasteiger partial charge < -0.3 is 55.1 Å². The molecule has 8 heterocycles. The first kappa shape index (κ1) is 119. The average Bonchev–Trinajstić information content (AvgIpc) is 0.805. The number of ether oxygens (including phenoxy) is 8. The first-order valence-corrected chi connectivity index (χ1v) is 42.4. The van der Waals surface area contributed by atoms with Crippen molar-refractivity contribution in [3.05, 3.63) is 377 Å². The quantitative estimate of drug-likeness (QED) is 0.00744. The number of nitrogens with two attached hydrogens (primary N) is 3. The highest BCUT2D eigenvalue weighted by Crippen LogP contribution is 2.26. The van der Waals surface area contributed by atoms with Gasteiger partial charge in [0.1, 0.15) is 56.9 Å². The van der Waals surface area contributed by atoms with E-state index < -0.39 is 97.8 Å². The molecule has 45 heteroatoms. The third kappa shape index (κ3) is 42.9. The van der Waals surface area contributed by atoms with Crippen molar-refractivity contribution in [2.75, 3.05) is 56.9 Å². The molecule has 0 aliphatic heterocycles. The standard InChI is InChI=1S/C16H15N3O4.C15H14N2O2.C14H13N3O6S.2C8H10N2O2.2C8H7NO3.C7H9N.C6H4ClNO4S.3CH4/c1-22-15(20)13-7-3-5-11(18-13)9-17-10-12-6-4-8-14(19-12)16(21)23-2;1-19-15(18)14-9-5-8-13(17-14)11-16-10-12-6-3-2-4-7-12;1-23-14(18)11-6-4-5-10(16-11)9-15-24(21,22)13-8-3-2-7-12(13)17(19)20;2*1-12-8(11)7-4-2-3-6(5-9)10-7;2*1-12-8(11)7-4-2-3-6(5-10)9-7;8-6-7-4-2-1-3-5-7;7-13(11,12)6-4-2-1-3-5(6)8(9)10;;;/h3-9H,10H2,1-2H3;2-9,11H,10H2,1H3;2-8,15H,9H2,1H3;2*2-4H,5,9H2,1H3;2*2-5H,1H3;1-5H,6,8H2;1-4H;3*1H4. The van der Waals surface area contributed by atoms with E-state index in [1.807, 2.05) is 60.7 Å². The predicted molar refractivity (Wildman–Crippen MR) is 508 cm³/mol. The lowest BCUT2D eigenvalue weighted by atomic mass is 10.2. The monoisotopic (exact) mass is 1960 g/mol. The third-order valence-electron chi connectivity index (χ3n) is 16.1. The van der Waals surface area contributed by atoms with Crippen LogP contribution in [-0.4, -0.2) is 196 Å². The Bertz CT molecular complexity index is 6170. The number of carbonyl (C=O) groups excluding carboxylic acids is 10. The van der Waals surface area contributed by atoms with E-state index in [4.69, 9.17) is 27.9 Å². The Morgan fingerprint density at radius 2 is 0.594 bits per heavy atom. The van der Waals surface area contributed by atoms with E-state index in [1.165, 1.54) is 135 Å². The minimum atomic E-state index is -4.12. The topological polar surface area (TPSA) is 617 Å². The smallest absolute Gasteiger partial charge is 0.356 e. The number of aldehydes is 2. The number of rotatable bonds is 26. The van der Waals surface area contributed by atoms with Crippen LogP contribution in [0.5, 0.6) is 0 Å². The van der Waals surface area contributed by atoms with Gasteiger partial charge in [-0.1, -0.05) is 156 Å². The third-order valence-corrected chi connectivity index (χ3v) is 19.0. The lowest BCUT2D eigenvalue weighted by Gasteiger charge is -2.07. The molecule has 4 aromatic carbocycles. The molecule has 0 aliphatic rings. The second kappa shape index (κ2) is 65.0. The molecule has 0 radical (unpaired) electrons. The number of nitro groups is 2. The van der Waals surface area contributed by atoms with Crippen molar-refractivity contribution in [3.63, 3.8) is 0 Å². The van der Waals surface area contributed by atoms with Crippen LogP contribution in [0.25, 0.3) is 0 Å². The number of para-hydroxylation sites is 2. The highest BCUT2D eigenvalue weighted by molar-refractivity contribution is 8.13. The van der Waals surface area contributed by atoms with Gasteiger partial charge in [-0.15, -0.1) is 0 Å². The number of aliphatic imine (C=N–C) groups is 2. The van der Waals surface area contributed by atoms with Crippen molar-refractivity contribution < 1.29 is 113 Å². The fraction of sp³-hybridized carbons (Fsp3) is 0.183. The zero-order chi connectivity index (χ0) is 99.7. The summed E-state index contributed by atoms with van der Waals surface area (Å²) in [5.74, 6) is -4.07. The van der Waals surface area contributed by atoms with Crippen molar-refractivity contribution in [2.24, 2.45) is 27.2 Å². The van der Waals surface area contributed by atoms with E-state index in [0.29, 0.717) is 78.6 Å². The van der Waals surface area contributed by atoms with E-state index in [0.717, 1.165) is 29.8 Å². The highest BCUT2D eigenvalue weighted by Gasteiger charge is 2.26. The van der Waals surface area contributed by atoms with Crippen molar-refractivity contribution >= 4 is 114 Å². The maximum absolute atomic E-state index is 12.3. The van der Waals surface area contributed by atoms with Crippen LogP contribution in [0.2, 0.25) is 0 Å². The molecule has 0 atom stereocenters. The number of halogens is 1. The molecule has 12 rings (SSSR count). The van der Waals surface area contributed by atoms with Crippen LogP contribution in [0.15, 0.2) is 275 Å². The van der Waals surface area contributed by atoms with Gasteiger partial charge in [0, 0.05) is 54.9 Å². The highest BCUT2D eigenvalue weighted by atomic mass is 35.7. The summed E-state index contributed by atoms with van der Waals surface area (Å²) in [6.07, 6.45) is 4.33. The molecule has 8 aromatic heterocycles. The number of benzene rings is 4. The van der Waals surface area contributed by atoms with Crippen molar-refractivity contribution in [2.45, 2.75) is 71.3 Å². The molecule has 7 N–H and O–H groups in total. The zero-order valence-corrected chi connectivity index (χ0v) is 75.6. The molecular formula is C93H101ClN16O26S2. The Labute approximate surface area is 799 Å². The van der Waals surface area contributed by atoms with Gasteiger partial charge in [-0.3, -0.25) is 39.8 Å². The summed E-state index contributed by atoms with van der Waals surface area (Å²) >= 11 is 0. The SMILES string of the molecule is C.C.C.COC(=O)c1cccc(C=NCc2cccc(C(=O)OC)n2)n1.COC(=O)c1cccc(C=NCc2ccccc2)n1.COC(=O)c1cccc(C=O)n1.COC(=O)c1cccc(C=O)n1.COC(=O)c1cccc(CN)n1.COC(=O)c1cccc(CN)n1.COC(=O)c1cccc(CNS(=O)(=O)c2ccccc2[N+](=O)[O-])n1.NCc1ccccc1.O=[N+]([O-])c1ccccc1S(=O)(=O)Cl. The lowest BCUT2D eigenvalue weighted by molar-refractivity contribution is -0.388. The average molecular weight is 1960 g/mol. The fourth-order valence-corrected chi connectivity index (χ4v) is 11.9. The van der Waals surface area contributed by atoms with E-state index >= 15 is 0 Å². The van der Waals surface area contributed by atoms with Crippen LogP contribution < -0.4 is 21.9 Å². The largest absolute Gasteiger partial charge is 0.464 e. The molecule has 0 fully saturated rings. The summed E-state index contributed by atoms with van der Waals surface area (Å²) in [6.45, 7) is 1.91. The number of aromatic nitrogens is 8. The van der Waals surface area contributed by atoms with Crippen LogP contribution >= 0.6 is 10.7 Å². The van der Waals surface area contributed by atoms with Gasteiger partial charge in [-0.05, 0) is 120 Å². The Hall–Kier alpha value is -16.7. The molecule has 0 amide bonds. The number of hydrogen-bond donors (Lipinski definition) is 4. The number of pyridine rings is 8. The zero-order valence-electron chi connectivity index (χ0n) is 73.2. The normalized spacial score (nSPS) is 9.94. The van der Waals surface area contributed by atoms with Gasteiger partial charge in [0.2, 0.25) is 10.0 Å². The molecule has 42 nitrogen and oxygen atoms in total. The first-order valence-electron chi connectivity index (χ1n) is 38.6. The Balaban J connectivity index is 0.000000788. The molecule has 0 spiro atoms. The molecular weight excluding hydrogens is 1860 g/mol. The van der Waals surface area contributed by atoms with Gasteiger partial charge in [0.15, 0.2) is 22.4 Å². The summed E-state index contributed by atoms with van der Waals surface area (Å²) in [5.41, 5.74) is 22.8. The molecule has 728 valence electrons. The summed E-state index contributed by atoms with van der Waals surface area (Å²) in [6, 6.07) is 68.7. The number of hydrogen-bond acceptors (Lipinski definition) is 39. The number of esters is 8. The number of carbonyl (C=O) groups is 10. The second-order valence-electron chi connectivity index (χ2n) is 25.3. The number of nitro benzene ring substituents is 2.